The van der Waals surface area contributed by atoms with E-state index in [9.17, 15) is 14.7 Å². The second kappa shape index (κ2) is 8.84. The first-order valence-corrected chi connectivity index (χ1v) is 13.7. The Morgan fingerprint density at radius 3 is 2.17 bits per heavy atom. The minimum absolute atomic E-state index is 0.00712. The normalized spacial score (nSPS) is 21.5. The predicted octanol–water partition coefficient (Wildman–Crippen LogP) is 5.14. The molecule has 8 nitrogen and oxygen atoms in total. The summed E-state index contributed by atoms with van der Waals surface area (Å²) in [6, 6.07) is 15.5. The second-order valence-corrected chi connectivity index (χ2v) is 12.8. The Bertz CT molecular complexity index is 1590. The Balaban J connectivity index is 1.48. The van der Waals surface area contributed by atoms with Gasteiger partial charge in [0.05, 0.1) is 23.2 Å². The predicted molar refractivity (Wildman–Crippen MR) is 152 cm³/mol. The van der Waals surface area contributed by atoms with Gasteiger partial charge in [0.15, 0.2) is 5.60 Å². The van der Waals surface area contributed by atoms with Crippen molar-refractivity contribution >= 4 is 24.5 Å². The Morgan fingerprint density at radius 2 is 1.51 bits per heavy atom. The van der Waals surface area contributed by atoms with Crippen molar-refractivity contribution in [1.82, 2.24) is 0 Å². The number of benzene rings is 3. The van der Waals surface area contributed by atoms with Crippen LogP contribution in [0.1, 0.15) is 81.1 Å². The first-order valence-electron chi connectivity index (χ1n) is 13.7. The van der Waals surface area contributed by atoms with E-state index in [4.69, 9.17) is 23.5 Å². The summed E-state index contributed by atoms with van der Waals surface area (Å²) in [6.45, 7) is 13.4. The summed E-state index contributed by atoms with van der Waals surface area (Å²) < 4.78 is 30.6. The van der Waals surface area contributed by atoms with Gasteiger partial charge in [0.2, 0.25) is 0 Å². The zero-order chi connectivity index (χ0) is 29.5. The van der Waals surface area contributed by atoms with Gasteiger partial charge in [-0.1, -0.05) is 18.2 Å². The van der Waals surface area contributed by atoms with E-state index >= 15 is 0 Å². The molecule has 212 valence electrons. The van der Waals surface area contributed by atoms with E-state index < -0.39 is 35.5 Å². The first kappa shape index (κ1) is 27.4. The monoisotopic (exact) mass is 556 g/mol. The maximum absolute atomic E-state index is 13.3. The molecule has 0 saturated carbocycles. The van der Waals surface area contributed by atoms with E-state index in [0.29, 0.717) is 39.3 Å². The zero-order valence-corrected chi connectivity index (χ0v) is 24.3. The van der Waals surface area contributed by atoms with Crippen molar-refractivity contribution in [1.29, 1.82) is 0 Å². The molecule has 1 spiro atoms. The van der Waals surface area contributed by atoms with Gasteiger partial charge in [0, 0.05) is 22.8 Å². The fraction of sp³-hybridized carbons (Fsp3) is 0.375. The van der Waals surface area contributed by atoms with E-state index in [1.54, 1.807) is 18.2 Å². The zero-order valence-electron chi connectivity index (χ0n) is 24.3. The van der Waals surface area contributed by atoms with Crippen LogP contribution in [0.25, 0.3) is 0 Å². The van der Waals surface area contributed by atoms with Gasteiger partial charge >= 0.3 is 19.1 Å². The van der Waals surface area contributed by atoms with Gasteiger partial charge in [0.1, 0.15) is 22.8 Å². The lowest BCUT2D eigenvalue weighted by molar-refractivity contribution is -0.153. The van der Waals surface area contributed by atoms with E-state index in [-0.39, 0.29) is 18.1 Å². The van der Waals surface area contributed by atoms with Crippen LogP contribution in [0.15, 0.2) is 54.6 Å². The van der Waals surface area contributed by atoms with Gasteiger partial charge < -0.3 is 28.6 Å². The maximum atomic E-state index is 13.3. The van der Waals surface area contributed by atoms with Crippen molar-refractivity contribution in [2.45, 2.75) is 77.3 Å². The molecular formula is C32H33BO8. The lowest BCUT2D eigenvalue weighted by Gasteiger charge is -2.37. The standard InChI is InChI=1S/C32H33BO8/c1-29(2,3)38-27(35)15-18-8-11-21-24(14-18)32(39-28(21)36)22-12-9-19(33-40-30(4,5)31(6,7)41-33)16-25(22)37-26-17-20(34)10-13-23(26)32/h8-14,16-17,34H,15H2,1-7H3. The average molecular weight is 556 g/mol. The molecule has 1 saturated heterocycles. The summed E-state index contributed by atoms with van der Waals surface area (Å²) in [5.41, 5.74) is 0.526. The Hall–Kier alpha value is -3.82. The SMILES string of the molecule is CC(C)(C)OC(=O)Cc1ccc2c(c1)C1(OC2=O)c2ccc(O)cc2Oc2cc(B3OC(C)(C)C(C)(C)O3)ccc21. The second-order valence-electron chi connectivity index (χ2n) is 12.8. The third kappa shape index (κ3) is 4.39. The lowest BCUT2D eigenvalue weighted by Crippen LogP contribution is -2.41. The number of hydrogen-bond donors (Lipinski definition) is 1. The van der Waals surface area contributed by atoms with Crippen molar-refractivity contribution in [3.05, 3.63) is 82.4 Å². The van der Waals surface area contributed by atoms with E-state index in [1.165, 1.54) is 12.1 Å². The smallest absolute Gasteiger partial charge is 0.494 e. The molecule has 41 heavy (non-hydrogen) atoms. The number of phenols is 1. The summed E-state index contributed by atoms with van der Waals surface area (Å²) in [5, 5.41) is 10.3. The topological polar surface area (TPSA) is 101 Å². The first-order chi connectivity index (χ1) is 19.1. The molecule has 1 fully saturated rings. The third-order valence-corrected chi connectivity index (χ3v) is 8.17. The van der Waals surface area contributed by atoms with Crippen molar-refractivity contribution in [2.75, 3.05) is 0 Å². The van der Waals surface area contributed by atoms with Gasteiger partial charge in [-0.2, -0.15) is 0 Å². The van der Waals surface area contributed by atoms with Crippen molar-refractivity contribution in [2.24, 2.45) is 0 Å². The number of fused-ring (bicyclic) bond motifs is 6. The van der Waals surface area contributed by atoms with Crippen LogP contribution in [0.5, 0.6) is 17.2 Å². The maximum Gasteiger partial charge on any atom is 0.494 e. The summed E-state index contributed by atoms with van der Waals surface area (Å²) in [7, 11) is -0.630. The van der Waals surface area contributed by atoms with Crippen LogP contribution in [0, 0.1) is 0 Å². The Kier molecular flexibility index (Phi) is 5.90. The number of carbonyl (C=O) groups excluding carboxylic acids is 2. The van der Waals surface area contributed by atoms with Gasteiger partial charge in [-0.05, 0) is 89.8 Å². The quantitative estimate of drug-likeness (QED) is 0.350. The van der Waals surface area contributed by atoms with Crippen molar-refractivity contribution < 1.29 is 38.2 Å². The molecule has 1 atom stereocenters. The number of rotatable bonds is 3. The fourth-order valence-electron chi connectivity index (χ4n) is 5.55. The Morgan fingerprint density at radius 1 is 0.878 bits per heavy atom. The highest BCUT2D eigenvalue weighted by Crippen LogP contribution is 2.56. The number of hydrogen-bond acceptors (Lipinski definition) is 8. The highest BCUT2D eigenvalue weighted by Gasteiger charge is 2.55. The number of carbonyl (C=O) groups is 2. The molecule has 9 heteroatoms. The van der Waals surface area contributed by atoms with Crippen molar-refractivity contribution in [3.8, 4) is 17.2 Å². The molecule has 3 aliphatic rings. The molecule has 6 rings (SSSR count). The lowest BCUT2D eigenvalue weighted by atomic mass is 9.73. The van der Waals surface area contributed by atoms with Crippen LogP contribution in [-0.4, -0.2) is 41.0 Å². The Labute approximate surface area is 239 Å². The van der Waals surface area contributed by atoms with Crippen LogP contribution in [0.4, 0.5) is 0 Å². The molecule has 3 aromatic rings. The molecule has 3 heterocycles. The number of esters is 2. The fourth-order valence-corrected chi connectivity index (χ4v) is 5.55. The summed E-state index contributed by atoms with van der Waals surface area (Å²) >= 11 is 0. The van der Waals surface area contributed by atoms with Gasteiger partial charge in [0.25, 0.3) is 0 Å². The van der Waals surface area contributed by atoms with Gasteiger partial charge in [-0.15, -0.1) is 0 Å². The summed E-state index contributed by atoms with van der Waals surface area (Å²) in [6.07, 6.45) is 0.0292. The highest BCUT2D eigenvalue weighted by molar-refractivity contribution is 6.62. The molecule has 0 bridgehead atoms. The van der Waals surface area contributed by atoms with Crippen LogP contribution in [-0.2, 0) is 35.6 Å². The van der Waals surface area contributed by atoms with Gasteiger partial charge in [-0.3, -0.25) is 4.79 Å². The molecule has 3 aliphatic heterocycles. The molecule has 0 amide bonds. The van der Waals surface area contributed by atoms with Crippen LogP contribution < -0.4 is 10.2 Å². The number of aromatic hydroxyl groups is 1. The molecular weight excluding hydrogens is 523 g/mol. The van der Waals surface area contributed by atoms with Crippen LogP contribution in [0.3, 0.4) is 0 Å². The molecule has 3 aromatic carbocycles. The van der Waals surface area contributed by atoms with Crippen molar-refractivity contribution in [3.63, 3.8) is 0 Å². The average Bonchev–Trinajstić information content (AvgIpc) is 3.26. The number of phenolic OH excluding ortho intramolecular Hbond substituents is 1. The van der Waals surface area contributed by atoms with E-state index in [1.807, 2.05) is 72.7 Å². The van der Waals surface area contributed by atoms with Gasteiger partial charge in [-0.25, -0.2) is 4.79 Å². The van der Waals surface area contributed by atoms with E-state index in [0.717, 1.165) is 5.46 Å². The summed E-state index contributed by atoms with van der Waals surface area (Å²) in [4.78, 5) is 26.0. The highest BCUT2D eigenvalue weighted by atomic mass is 16.7. The van der Waals surface area contributed by atoms with E-state index in [2.05, 4.69) is 0 Å². The third-order valence-electron chi connectivity index (χ3n) is 8.17. The molecule has 0 radical (unpaired) electrons. The molecule has 1 unspecified atom stereocenters. The van der Waals surface area contributed by atoms with Crippen LogP contribution >= 0.6 is 0 Å². The molecule has 1 N–H and O–H groups in total. The minimum Gasteiger partial charge on any atom is -0.508 e. The summed E-state index contributed by atoms with van der Waals surface area (Å²) in [5.74, 6) is -0.0739. The largest absolute Gasteiger partial charge is 0.508 e. The van der Waals surface area contributed by atoms with Crippen LogP contribution in [0.2, 0.25) is 0 Å². The number of ether oxygens (including phenoxy) is 3. The minimum atomic E-state index is -1.36. The molecule has 0 aliphatic carbocycles. The molecule has 0 aromatic heterocycles.